The zero-order valence-corrected chi connectivity index (χ0v) is 10.4. The Labute approximate surface area is 102 Å². The van der Waals surface area contributed by atoms with Gasteiger partial charge in [-0.3, -0.25) is 9.88 Å². The summed E-state index contributed by atoms with van der Waals surface area (Å²) in [4.78, 5) is 11.0. The van der Waals surface area contributed by atoms with Gasteiger partial charge in [0.2, 0.25) is 0 Å². The summed E-state index contributed by atoms with van der Waals surface area (Å²) in [5, 5.41) is 0. The average molecular weight is 235 g/mol. The summed E-state index contributed by atoms with van der Waals surface area (Å²) < 4.78 is 0. The van der Waals surface area contributed by atoms with Crippen LogP contribution in [0.5, 0.6) is 0 Å². The molecule has 0 aliphatic carbocycles. The van der Waals surface area contributed by atoms with Crippen molar-refractivity contribution in [2.45, 2.75) is 32.7 Å². The fraction of sp³-hybridized carbons (Fsp3) is 0.667. The van der Waals surface area contributed by atoms with E-state index >= 15 is 0 Å². The van der Waals surface area contributed by atoms with E-state index in [0.29, 0.717) is 5.82 Å². The second-order valence-electron chi connectivity index (χ2n) is 4.72. The van der Waals surface area contributed by atoms with Gasteiger partial charge in [-0.05, 0) is 25.3 Å². The van der Waals surface area contributed by atoms with Crippen molar-refractivity contribution in [1.29, 1.82) is 0 Å². The molecule has 0 spiro atoms. The highest BCUT2D eigenvalue weighted by atomic mass is 15.3. The van der Waals surface area contributed by atoms with E-state index < -0.39 is 0 Å². The number of rotatable bonds is 5. The molecule has 1 aromatic heterocycles. The van der Waals surface area contributed by atoms with Crippen LogP contribution >= 0.6 is 0 Å². The molecule has 2 rings (SSSR count). The molecule has 0 radical (unpaired) electrons. The maximum Gasteiger partial charge on any atom is 0.158 e. The minimum absolute atomic E-state index is 0.610. The smallest absolute Gasteiger partial charge is 0.158 e. The molecule has 1 fully saturated rings. The van der Waals surface area contributed by atoms with Crippen LogP contribution in [0.1, 0.15) is 31.9 Å². The number of nitrogens with two attached hydrogens (primary N) is 1. The van der Waals surface area contributed by atoms with E-state index in [1.165, 1.54) is 32.4 Å². The van der Waals surface area contributed by atoms with Gasteiger partial charge in [-0.1, -0.05) is 13.3 Å². The van der Waals surface area contributed by atoms with Crippen molar-refractivity contribution in [2.24, 2.45) is 11.8 Å². The minimum Gasteiger partial charge on any atom is -0.307 e. The lowest BCUT2D eigenvalue weighted by Gasteiger charge is -2.15. The molecule has 1 aliphatic heterocycles. The number of hydrogen-bond acceptors (Lipinski definition) is 5. The number of anilines is 1. The molecule has 0 amide bonds. The van der Waals surface area contributed by atoms with Crippen LogP contribution in [-0.4, -0.2) is 28.0 Å². The predicted molar refractivity (Wildman–Crippen MR) is 68.1 cm³/mol. The molecule has 1 atom stereocenters. The normalized spacial score (nSPS) is 20.7. The highest BCUT2D eigenvalue weighted by Gasteiger charge is 2.21. The second-order valence-corrected chi connectivity index (χ2v) is 4.72. The van der Waals surface area contributed by atoms with E-state index in [0.717, 1.165) is 18.2 Å². The lowest BCUT2D eigenvalue weighted by molar-refractivity contribution is 0.309. The highest BCUT2D eigenvalue weighted by molar-refractivity contribution is 5.28. The van der Waals surface area contributed by atoms with Crippen LogP contribution in [0.4, 0.5) is 5.82 Å². The van der Waals surface area contributed by atoms with Crippen LogP contribution in [0.2, 0.25) is 0 Å². The van der Waals surface area contributed by atoms with Gasteiger partial charge in [0.1, 0.15) is 0 Å². The van der Waals surface area contributed by atoms with Gasteiger partial charge in [0.15, 0.2) is 5.82 Å². The topological polar surface area (TPSA) is 67.1 Å². The van der Waals surface area contributed by atoms with Crippen molar-refractivity contribution in [1.82, 2.24) is 14.9 Å². The predicted octanol–water partition coefficient (Wildman–Crippen LogP) is 1.38. The third-order valence-corrected chi connectivity index (χ3v) is 3.31. The third-order valence-electron chi connectivity index (χ3n) is 3.31. The van der Waals surface area contributed by atoms with Crippen LogP contribution in [0.15, 0.2) is 12.4 Å². The lowest BCUT2D eigenvalue weighted by atomic mass is 10.0. The molecule has 2 heterocycles. The number of hydrazine groups is 1. The van der Waals surface area contributed by atoms with Crippen molar-refractivity contribution in [2.75, 3.05) is 18.5 Å². The summed E-state index contributed by atoms with van der Waals surface area (Å²) in [6.45, 7) is 5.54. The van der Waals surface area contributed by atoms with Crippen molar-refractivity contribution in [3.63, 3.8) is 0 Å². The fourth-order valence-electron chi connectivity index (χ4n) is 2.44. The summed E-state index contributed by atoms with van der Waals surface area (Å²) in [5.41, 5.74) is 3.50. The molecule has 1 aliphatic rings. The van der Waals surface area contributed by atoms with E-state index in [2.05, 4.69) is 27.2 Å². The summed E-state index contributed by atoms with van der Waals surface area (Å²) in [5.74, 6) is 6.74. The molecule has 3 N–H and O–H groups in total. The van der Waals surface area contributed by atoms with Crippen LogP contribution in [0.25, 0.3) is 0 Å². The van der Waals surface area contributed by atoms with Gasteiger partial charge in [0.05, 0.1) is 18.1 Å². The monoisotopic (exact) mass is 235 g/mol. The van der Waals surface area contributed by atoms with Crippen LogP contribution in [0.3, 0.4) is 0 Å². The molecule has 1 saturated heterocycles. The molecule has 1 aromatic rings. The van der Waals surface area contributed by atoms with Gasteiger partial charge >= 0.3 is 0 Å². The zero-order chi connectivity index (χ0) is 12.1. The number of likely N-dealkylation sites (tertiary alicyclic amines) is 1. The van der Waals surface area contributed by atoms with Gasteiger partial charge in [0.25, 0.3) is 0 Å². The Hall–Kier alpha value is -1.20. The first-order chi connectivity index (χ1) is 8.31. The van der Waals surface area contributed by atoms with E-state index in [-0.39, 0.29) is 0 Å². The Balaban J connectivity index is 1.84. The highest BCUT2D eigenvalue weighted by Crippen LogP contribution is 2.21. The molecule has 5 nitrogen and oxygen atoms in total. The number of nitrogens with one attached hydrogen (secondary N) is 1. The van der Waals surface area contributed by atoms with Gasteiger partial charge in [-0.25, -0.2) is 10.8 Å². The molecular weight excluding hydrogens is 214 g/mol. The maximum atomic E-state index is 5.25. The van der Waals surface area contributed by atoms with Crippen LogP contribution in [0, 0.1) is 5.92 Å². The van der Waals surface area contributed by atoms with Gasteiger partial charge in [-0.15, -0.1) is 0 Å². The number of nitrogen functional groups attached to an aromatic ring is 1. The number of hydrogen-bond donors (Lipinski definition) is 2. The second kappa shape index (κ2) is 5.93. The first-order valence-corrected chi connectivity index (χ1v) is 6.31. The Bertz CT molecular complexity index is 337. The maximum absolute atomic E-state index is 5.25. The van der Waals surface area contributed by atoms with E-state index in [4.69, 9.17) is 5.84 Å². The molecule has 0 aromatic carbocycles. The largest absolute Gasteiger partial charge is 0.307 e. The molecule has 5 heteroatoms. The Morgan fingerprint density at radius 2 is 2.35 bits per heavy atom. The third kappa shape index (κ3) is 3.38. The Kier molecular flexibility index (Phi) is 4.28. The molecule has 1 unspecified atom stereocenters. The summed E-state index contributed by atoms with van der Waals surface area (Å²) in [6, 6.07) is 0. The number of aromatic nitrogens is 2. The molecule has 17 heavy (non-hydrogen) atoms. The Morgan fingerprint density at radius 1 is 1.47 bits per heavy atom. The van der Waals surface area contributed by atoms with Crippen LogP contribution < -0.4 is 11.3 Å². The first-order valence-electron chi connectivity index (χ1n) is 6.31. The molecular formula is C12H21N5. The minimum atomic E-state index is 0.610. The van der Waals surface area contributed by atoms with Crippen molar-refractivity contribution in [3.05, 3.63) is 18.1 Å². The van der Waals surface area contributed by atoms with Crippen molar-refractivity contribution >= 4 is 5.82 Å². The quantitative estimate of drug-likeness (QED) is 0.596. The molecule has 0 saturated carbocycles. The van der Waals surface area contributed by atoms with E-state index in [9.17, 15) is 0 Å². The Morgan fingerprint density at radius 3 is 3.00 bits per heavy atom. The van der Waals surface area contributed by atoms with Gasteiger partial charge < -0.3 is 5.43 Å². The summed E-state index contributed by atoms with van der Waals surface area (Å²) in [7, 11) is 0. The summed E-state index contributed by atoms with van der Waals surface area (Å²) >= 11 is 0. The SMILES string of the molecule is CCCC1CCN(Cc2cnc(NN)cn2)C1. The van der Waals surface area contributed by atoms with Gasteiger partial charge in [0, 0.05) is 13.1 Å². The lowest BCUT2D eigenvalue weighted by Crippen LogP contribution is -2.21. The van der Waals surface area contributed by atoms with Crippen molar-refractivity contribution in [3.8, 4) is 0 Å². The summed E-state index contributed by atoms with van der Waals surface area (Å²) in [6.07, 6.45) is 7.42. The zero-order valence-electron chi connectivity index (χ0n) is 10.4. The molecule has 94 valence electrons. The van der Waals surface area contributed by atoms with Crippen LogP contribution in [-0.2, 0) is 6.54 Å². The van der Waals surface area contributed by atoms with E-state index in [1.807, 2.05) is 0 Å². The standard InChI is InChI=1S/C12H21N5/c1-2-3-10-4-5-17(8-10)9-11-6-15-12(16-13)7-14-11/h6-7,10H,2-5,8-9,13H2,1H3,(H,15,16). The number of nitrogens with zero attached hydrogens (tertiary/aromatic N) is 3. The van der Waals surface area contributed by atoms with Gasteiger partial charge in [-0.2, -0.15) is 0 Å². The average Bonchev–Trinajstić information content (AvgIpc) is 2.78. The fourth-order valence-corrected chi connectivity index (χ4v) is 2.44. The van der Waals surface area contributed by atoms with E-state index in [1.54, 1.807) is 12.4 Å². The molecule has 0 bridgehead atoms. The van der Waals surface area contributed by atoms with Crippen molar-refractivity contribution < 1.29 is 0 Å². The first kappa shape index (κ1) is 12.3.